The Morgan fingerprint density at radius 1 is 1.15 bits per heavy atom. The summed E-state index contributed by atoms with van der Waals surface area (Å²) >= 11 is 0. The van der Waals surface area contributed by atoms with Gasteiger partial charge in [-0.3, -0.25) is 4.79 Å². The Morgan fingerprint density at radius 3 is 2.31 bits per heavy atom. The van der Waals surface area contributed by atoms with E-state index in [0.29, 0.717) is 6.42 Å². The molecule has 0 spiro atoms. The van der Waals surface area contributed by atoms with Gasteiger partial charge in [0.15, 0.2) is 0 Å². The fourth-order valence-electron chi connectivity index (χ4n) is 1.10. The van der Waals surface area contributed by atoms with Crippen LogP contribution in [0.4, 0.5) is 0 Å². The van der Waals surface area contributed by atoms with Crippen molar-refractivity contribution in [2.24, 2.45) is 0 Å². The van der Waals surface area contributed by atoms with Crippen LogP contribution in [0, 0.1) is 0 Å². The molecule has 0 bridgehead atoms. The second-order valence-corrected chi connectivity index (χ2v) is 3.25. The van der Waals surface area contributed by atoms with Crippen molar-refractivity contribution < 1.29 is 9.90 Å². The van der Waals surface area contributed by atoms with E-state index in [2.05, 4.69) is 19.1 Å². The van der Waals surface area contributed by atoms with Crippen LogP contribution in [0.15, 0.2) is 12.2 Å². The molecule has 2 nitrogen and oxygen atoms in total. The van der Waals surface area contributed by atoms with Gasteiger partial charge in [-0.25, -0.2) is 0 Å². The third-order valence-corrected chi connectivity index (χ3v) is 1.90. The van der Waals surface area contributed by atoms with Gasteiger partial charge in [0.2, 0.25) is 0 Å². The Labute approximate surface area is 80.7 Å². The number of hydrogen-bond donors (Lipinski definition) is 1. The van der Waals surface area contributed by atoms with Crippen LogP contribution in [0.2, 0.25) is 0 Å². The maximum absolute atomic E-state index is 10.2. The normalized spacial score (nSPS) is 10.8. The maximum atomic E-state index is 10.2. The number of unbranched alkanes of at least 4 members (excludes halogenated alkanes) is 4. The molecule has 0 radical (unpaired) electrons. The fraction of sp³-hybridized carbons (Fsp3) is 0.727. The van der Waals surface area contributed by atoms with Crippen LogP contribution in [0.1, 0.15) is 51.9 Å². The van der Waals surface area contributed by atoms with Crippen LogP contribution >= 0.6 is 0 Å². The highest BCUT2D eigenvalue weighted by Crippen LogP contribution is 2.02. The van der Waals surface area contributed by atoms with Crippen LogP contribution in [-0.2, 0) is 4.79 Å². The van der Waals surface area contributed by atoms with Crippen molar-refractivity contribution >= 4 is 5.97 Å². The molecular formula is C11H20O2. The smallest absolute Gasteiger partial charge is 0.303 e. The minimum atomic E-state index is -0.685. The predicted octanol–water partition coefficient (Wildman–Crippen LogP) is 3.38. The van der Waals surface area contributed by atoms with E-state index in [1.165, 1.54) is 12.8 Å². The van der Waals surface area contributed by atoms with Crippen molar-refractivity contribution in [1.29, 1.82) is 0 Å². The highest BCUT2D eigenvalue weighted by Gasteiger charge is 1.93. The Morgan fingerprint density at radius 2 is 1.77 bits per heavy atom. The van der Waals surface area contributed by atoms with Crippen molar-refractivity contribution in [3.8, 4) is 0 Å². The zero-order chi connectivity index (χ0) is 9.94. The molecular weight excluding hydrogens is 164 g/mol. The lowest BCUT2D eigenvalue weighted by molar-refractivity contribution is -0.137. The number of carboxylic acid groups (broad SMARTS) is 1. The zero-order valence-electron chi connectivity index (χ0n) is 8.46. The molecule has 0 heterocycles. The molecule has 0 unspecified atom stereocenters. The van der Waals surface area contributed by atoms with Crippen molar-refractivity contribution in [2.45, 2.75) is 51.9 Å². The van der Waals surface area contributed by atoms with E-state index in [1.807, 2.05) is 0 Å². The molecule has 13 heavy (non-hydrogen) atoms. The van der Waals surface area contributed by atoms with Gasteiger partial charge in [0, 0.05) is 6.42 Å². The quantitative estimate of drug-likeness (QED) is 0.464. The number of rotatable bonds is 8. The Bertz CT molecular complexity index is 150. The van der Waals surface area contributed by atoms with Crippen LogP contribution < -0.4 is 0 Å². The summed E-state index contributed by atoms with van der Waals surface area (Å²) in [6.07, 6.45) is 11.1. The van der Waals surface area contributed by atoms with Gasteiger partial charge in [-0.1, -0.05) is 31.9 Å². The summed E-state index contributed by atoms with van der Waals surface area (Å²) in [5.74, 6) is -0.685. The van der Waals surface area contributed by atoms with Crippen LogP contribution in [0.25, 0.3) is 0 Å². The summed E-state index contributed by atoms with van der Waals surface area (Å²) in [5.41, 5.74) is 0. The Balaban J connectivity index is 3.06. The lowest BCUT2D eigenvalue weighted by Crippen LogP contribution is -1.92. The number of carbonyl (C=O) groups is 1. The van der Waals surface area contributed by atoms with Gasteiger partial charge < -0.3 is 5.11 Å². The first-order valence-corrected chi connectivity index (χ1v) is 5.14. The SMILES string of the molecule is CCCC/C=C/CCCCC(=O)O. The second kappa shape index (κ2) is 9.30. The van der Waals surface area contributed by atoms with E-state index in [9.17, 15) is 4.79 Å². The van der Waals surface area contributed by atoms with E-state index in [1.54, 1.807) is 0 Å². The fourth-order valence-corrected chi connectivity index (χ4v) is 1.10. The summed E-state index contributed by atoms with van der Waals surface area (Å²) in [7, 11) is 0. The van der Waals surface area contributed by atoms with Gasteiger partial charge in [-0.2, -0.15) is 0 Å². The third-order valence-electron chi connectivity index (χ3n) is 1.90. The molecule has 0 aromatic heterocycles. The van der Waals surface area contributed by atoms with Crippen LogP contribution in [0.3, 0.4) is 0 Å². The van der Waals surface area contributed by atoms with Gasteiger partial charge in [0.25, 0.3) is 0 Å². The van der Waals surface area contributed by atoms with Crippen LogP contribution in [-0.4, -0.2) is 11.1 Å². The van der Waals surface area contributed by atoms with Gasteiger partial charge >= 0.3 is 5.97 Å². The second-order valence-electron chi connectivity index (χ2n) is 3.25. The lowest BCUT2D eigenvalue weighted by atomic mass is 10.1. The standard InChI is InChI=1S/C11H20O2/c1-2-3-4-5-6-7-8-9-10-11(12)13/h5-6H,2-4,7-10H2,1H3,(H,12,13)/b6-5+. The Kier molecular flexibility index (Phi) is 8.73. The molecule has 2 heteroatoms. The first-order valence-electron chi connectivity index (χ1n) is 5.14. The Hall–Kier alpha value is -0.790. The molecule has 0 rings (SSSR count). The highest BCUT2D eigenvalue weighted by molar-refractivity contribution is 5.66. The molecule has 76 valence electrons. The summed E-state index contributed by atoms with van der Waals surface area (Å²) in [6, 6.07) is 0. The van der Waals surface area contributed by atoms with Crippen LogP contribution in [0.5, 0.6) is 0 Å². The molecule has 0 aliphatic carbocycles. The molecule has 1 N–H and O–H groups in total. The van der Waals surface area contributed by atoms with Crippen molar-refractivity contribution in [1.82, 2.24) is 0 Å². The summed E-state index contributed by atoms with van der Waals surface area (Å²) in [6.45, 7) is 2.18. The molecule has 0 saturated heterocycles. The van der Waals surface area contributed by atoms with E-state index < -0.39 is 5.97 Å². The molecule has 0 saturated carbocycles. The average Bonchev–Trinajstić information content (AvgIpc) is 2.09. The minimum Gasteiger partial charge on any atom is -0.481 e. The number of aliphatic carboxylic acids is 1. The largest absolute Gasteiger partial charge is 0.481 e. The molecule has 0 aliphatic heterocycles. The van der Waals surface area contributed by atoms with Crippen molar-refractivity contribution in [3.63, 3.8) is 0 Å². The van der Waals surface area contributed by atoms with Gasteiger partial charge in [-0.05, 0) is 25.7 Å². The molecule has 0 aromatic carbocycles. The highest BCUT2D eigenvalue weighted by atomic mass is 16.4. The van der Waals surface area contributed by atoms with E-state index in [4.69, 9.17) is 5.11 Å². The topological polar surface area (TPSA) is 37.3 Å². The summed E-state index contributed by atoms with van der Waals surface area (Å²) < 4.78 is 0. The maximum Gasteiger partial charge on any atom is 0.303 e. The zero-order valence-corrected chi connectivity index (χ0v) is 8.46. The first-order chi connectivity index (χ1) is 6.27. The van der Waals surface area contributed by atoms with Gasteiger partial charge in [0.1, 0.15) is 0 Å². The lowest BCUT2D eigenvalue weighted by Gasteiger charge is -1.93. The van der Waals surface area contributed by atoms with E-state index in [-0.39, 0.29) is 0 Å². The molecule has 0 atom stereocenters. The van der Waals surface area contributed by atoms with Gasteiger partial charge in [-0.15, -0.1) is 0 Å². The average molecular weight is 184 g/mol. The molecule has 0 fully saturated rings. The summed E-state index contributed by atoms with van der Waals surface area (Å²) in [5, 5.41) is 8.37. The number of hydrogen-bond acceptors (Lipinski definition) is 1. The van der Waals surface area contributed by atoms with E-state index >= 15 is 0 Å². The van der Waals surface area contributed by atoms with Gasteiger partial charge in [0.05, 0.1) is 0 Å². The van der Waals surface area contributed by atoms with Crippen molar-refractivity contribution in [2.75, 3.05) is 0 Å². The third kappa shape index (κ3) is 11.2. The van der Waals surface area contributed by atoms with Crippen molar-refractivity contribution in [3.05, 3.63) is 12.2 Å². The molecule has 0 aliphatic rings. The molecule has 0 aromatic rings. The number of carboxylic acids is 1. The number of allylic oxidation sites excluding steroid dienone is 2. The van der Waals surface area contributed by atoms with E-state index in [0.717, 1.165) is 25.7 Å². The predicted molar refractivity (Wildman–Crippen MR) is 54.8 cm³/mol. The first kappa shape index (κ1) is 12.2. The monoisotopic (exact) mass is 184 g/mol. The molecule has 0 amide bonds. The summed E-state index contributed by atoms with van der Waals surface area (Å²) in [4.78, 5) is 10.2. The minimum absolute atomic E-state index is 0.308.